The number of nitrogens with two attached hydrogens (primary N) is 1. The number of rotatable bonds is 5. The highest BCUT2D eigenvalue weighted by atomic mass is 16.2. The second-order valence-corrected chi connectivity index (χ2v) is 5.95. The molecule has 0 saturated carbocycles. The van der Waals surface area contributed by atoms with Gasteiger partial charge in [-0.05, 0) is 17.4 Å². The Labute approximate surface area is 121 Å². The van der Waals surface area contributed by atoms with E-state index in [-0.39, 0.29) is 11.9 Å². The number of hydrogen-bond donors (Lipinski definition) is 2. The van der Waals surface area contributed by atoms with Crippen LogP contribution in [0.4, 0.5) is 0 Å². The maximum atomic E-state index is 12.0. The first-order valence-corrected chi connectivity index (χ1v) is 7.36. The number of nitrogens with one attached hydrogen (secondary N) is 1. The third-order valence-electron chi connectivity index (χ3n) is 4.09. The molecule has 4 heteroatoms. The van der Waals surface area contributed by atoms with Crippen molar-refractivity contribution in [2.45, 2.75) is 25.8 Å². The summed E-state index contributed by atoms with van der Waals surface area (Å²) in [5.74, 6) is 0.903. The molecule has 1 amide bonds. The van der Waals surface area contributed by atoms with Crippen molar-refractivity contribution in [3.05, 3.63) is 35.9 Å². The number of carbonyl (C=O) groups excluding carboxylic acids is 1. The lowest BCUT2D eigenvalue weighted by Crippen LogP contribution is -2.38. The molecule has 1 fully saturated rings. The molecule has 3 atom stereocenters. The van der Waals surface area contributed by atoms with Gasteiger partial charge in [0.1, 0.15) is 0 Å². The fraction of sp³-hybridized carbons (Fsp3) is 0.562. The summed E-state index contributed by atoms with van der Waals surface area (Å²) < 4.78 is 0. The number of nitrogens with zero attached hydrogens (tertiary/aromatic N) is 1. The van der Waals surface area contributed by atoms with E-state index in [0.717, 1.165) is 13.1 Å². The van der Waals surface area contributed by atoms with E-state index in [9.17, 15) is 4.79 Å². The SMILES string of the molecule is CC(CNC(=O)CN1CC(C)C(N)C1)c1ccccc1. The summed E-state index contributed by atoms with van der Waals surface area (Å²) in [5.41, 5.74) is 7.22. The zero-order valence-electron chi connectivity index (χ0n) is 12.4. The second kappa shape index (κ2) is 6.86. The molecule has 1 aliphatic rings. The molecule has 0 radical (unpaired) electrons. The van der Waals surface area contributed by atoms with Gasteiger partial charge >= 0.3 is 0 Å². The molecular formula is C16H25N3O. The highest BCUT2D eigenvalue weighted by Crippen LogP contribution is 2.14. The third-order valence-corrected chi connectivity index (χ3v) is 4.09. The molecule has 0 aliphatic carbocycles. The minimum atomic E-state index is 0.0917. The van der Waals surface area contributed by atoms with E-state index in [0.29, 0.717) is 24.9 Å². The molecule has 2 rings (SSSR count). The maximum absolute atomic E-state index is 12.0. The summed E-state index contributed by atoms with van der Waals surface area (Å²) in [4.78, 5) is 14.1. The zero-order chi connectivity index (χ0) is 14.5. The van der Waals surface area contributed by atoms with Crippen molar-refractivity contribution in [1.29, 1.82) is 0 Å². The van der Waals surface area contributed by atoms with Crippen molar-refractivity contribution in [1.82, 2.24) is 10.2 Å². The molecule has 3 N–H and O–H groups in total. The first-order chi connectivity index (χ1) is 9.56. The number of carbonyl (C=O) groups is 1. The number of likely N-dealkylation sites (tertiary alicyclic amines) is 1. The maximum Gasteiger partial charge on any atom is 0.234 e. The van der Waals surface area contributed by atoms with Crippen LogP contribution < -0.4 is 11.1 Å². The minimum absolute atomic E-state index is 0.0917. The molecule has 20 heavy (non-hydrogen) atoms. The summed E-state index contributed by atoms with van der Waals surface area (Å²) in [6, 6.07) is 10.5. The van der Waals surface area contributed by atoms with Gasteiger partial charge in [-0.3, -0.25) is 9.69 Å². The smallest absolute Gasteiger partial charge is 0.234 e. The lowest BCUT2D eigenvalue weighted by Gasteiger charge is -2.17. The topological polar surface area (TPSA) is 58.4 Å². The molecule has 110 valence electrons. The number of amides is 1. The van der Waals surface area contributed by atoms with Gasteiger partial charge in [-0.1, -0.05) is 44.2 Å². The van der Waals surface area contributed by atoms with E-state index >= 15 is 0 Å². The molecule has 3 unspecified atom stereocenters. The summed E-state index contributed by atoms with van der Waals surface area (Å²) in [6.07, 6.45) is 0. The van der Waals surface area contributed by atoms with Gasteiger partial charge in [0.05, 0.1) is 6.54 Å². The van der Waals surface area contributed by atoms with Crippen molar-refractivity contribution in [2.75, 3.05) is 26.2 Å². The third kappa shape index (κ3) is 4.05. The lowest BCUT2D eigenvalue weighted by atomic mass is 10.0. The molecule has 1 aromatic rings. The van der Waals surface area contributed by atoms with Gasteiger partial charge < -0.3 is 11.1 Å². The molecule has 4 nitrogen and oxygen atoms in total. The second-order valence-electron chi connectivity index (χ2n) is 5.95. The van der Waals surface area contributed by atoms with Crippen LogP contribution in [-0.2, 0) is 4.79 Å². The van der Waals surface area contributed by atoms with Crippen LogP contribution in [0.2, 0.25) is 0 Å². The Balaban J connectivity index is 1.73. The van der Waals surface area contributed by atoms with E-state index in [1.807, 2.05) is 18.2 Å². The largest absolute Gasteiger partial charge is 0.354 e. The van der Waals surface area contributed by atoms with E-state index in [1.165, 1.54) is 5.56 Å². The predicted octanol–water partition coefficient (Wildman–Crippen LogP) is 1.19. The molecular weight excluding hydrogens is 250 g/mol. The molecule has 0 bridgehead atoms. The fourth-order valence-electron chi connectivity index (χ4n) is 2.65. The molecule has 1 aromatic carbocycles. The van der Waals surface area contributed by atoms with Gasteiger partial charge in [0, 0.05) is 25.7 Å². The minimum Gasteiger partial charge on any atom is -0.354 e. The Kier molecular flexibility index (Phi) is 5.15. The molecule has 1 saturated heterocycles. The summed E-state index contributed by atoms with van der Waals surface area (Å²) >= 11 is 0. The van der Waals surface area contributed by atoms with E-state index < -0.39 is 0 Å². The first kappa shape index (κ1) is 15.0. The van der Waals surface area contributed by atoms with Crippen molar-refractivity contribution in [3.8, 4) is 0 Å². The van der Waals surface area contributed by atoms with Crippen LogP contribution in [0.15, 0.2) is 30.3 Å². The quantitative estimate of drug-likeness (QED) is 0.848. The Bertz CT molecular complexity index is 425. The molecule has 1 aliphatic heterocycles. The first-order valence-electron chi connectivity index (χ1n) is 7.36. The Morgan fingerprint density at radius 1 is 1.40 bits per heavy atom. The van der Waals surface area contributed by atoms with Crippen molar-refractivity contribution in [3.63, 3.8) is 0 Å². The summed E-state index contributed by atoms with van der Waals surface area (Å²) in [7, 11) is 0. The Morgan fingerprint density at radius 3 is 2.70 bits per heavy atom. The van der Waals surface area contributed by atoms with Gasteiger partial charge in [-0.15, -0.1) is 0 Å². The average Bonchev–Trinajstić information content (AvgIpc) is 2.75. The Hall–Kier alpha value is -1.39. The summed E-state index contributed by atoms with van der Waals surface area (Å²) in [6.45, 7) is 7.15. The van der Waals surface area contributed by atoms with Crippen LogP contribution in [0.1, 0.15) is 25.3 Å². The average molecular weight is 275 g/mol. The normalized spacial score (nSPS) is 24.6. The van der Waals surface area contributed by atoms with E-state index in [4.69, 9.17) is 5.73 Å². The van der Waals surface area contributed by atoms with Gasteiger partial charge in [-0.25, -0.2) is 0 Å². The van der Waals surface area contributed by atoms with Gasteiger partial charge in [0.15, 0.2) is 0 Å². The highest BCUT2D eigenvalue weighted by Gasteiger charge is 2.27. The van der Waals surface area contributed by atoms with Crippen LogP contribution in [0, 0.1) is 5.92 Å². The highest BCUT2D eigenvalue weighted by molar-refractivity contribution is 5.78. The number of benzene rings is 1. The standard InChI is InChI=1S/C16H25N3O/c1-12(14-6-4-3-5-7-14)8-18-16(20)11-19-9-13(2)15(17)10-19/h3-7,12-13,15H,8-11,17H2,1-2H3,(H,18,20). The molecule has 0 spiro atoms. The van der Waals surface area contributed by atoms with Crippen LogP contribution in [-0.4, -0.2) is 43.0 Å². The van der Waals surface area contributed by atoms with Gasteiger partial charge in [-0.2, -0.15) is 0 Å². The van der Waals surface area contributed by atoms with Crippen molar-refractivity contribution in [2.24, 2.45) is 11.7 Å². The van der Waals surface area contributed by atoms with Crippen LogP contribution in [0.5, 0.6) is 0 Å². The van der Waals surface area contributed by atoms with Crippen molar-refractivity contribution < 1.29 is 4.79 Å². The van der Waals surface area contributed by atoms with E-state index in [1.54, 1.807) is 0 Å². The molecule has 1 heterocycles. The predicted molar refractivity (Wildman–Crippen MR) is 81.4 cm³/mol. The lowest BCUT2D eigenvalue weighted by molar-refractivity contribution is -0.122. The van der Waals surface area contributed by atoms with Gasteiger partial charge in [0.2, 0.25) is 5.91 Å². The van der Waals surface area contributed by atoms with Crippen LogP contribution >= 0.6 is 0 Å². The van der Waals surface area contributed by atoms with Crippen molar-refractivity contribution >= 4 is 5.91 Å². The monoisotopic (exact) mass is 275 g/mol. The number of hydrogen-bond acceptors (Lipinski definition) is 3. The summed E-state index contributed by atoms with van der Waals surface area (Å²) in [5, 5.41) is 3.02. The van der Waals surface area contributed by atoms with Gasteiger partial charge in [0.25, 0.3) is 0 Å². The van der Waals surface area contributed by atoms with Crippen LogP contribution in [0.3, 0.4) is 0 Å². The fourth-order valence-corrected chi connectivity index (χ4v) is 2.65. The van der Waals surface area contributed by atoms with E-state index in [2.05, 4.69) is 36.2 Å². The van der Waals surface area contributed by atoms with Crippen LogP contribution in [0.25, 0.3) is 0 Å². The molecule has 0 aromatic heterocycles. The zero-order valence-corrected chi connectivity index (χ0v) is 12.4. The Morgan fingerprint density at radius 2 is 2.10 bits per heavy atom.